The topological polar surface area (TPSA) is 0 Å². The number of hydrogen-bond acceptors (Lipinski definition) is 2. The highest BCUT2D eigenvalue weighted by Crippen LogP contribution is 2.18. The van der Waals surface area contributed by atoms with Gasteiger partial charge in [-0.1, -0.05) is 61.6 Å². The molecule has 0 N–H and O–H groups in total. The summed E-state index contributed by atoms with van der Waals surface area (Å²) < 4.78 is 1.34. The Kier molecular flexibility index (Phi) is 5.79. The van der Waals surface area contributed by atoms with Gasteiger partial charge in [-0.25, -0.2) is 0 Å². The van der Waals surface area contributed by atoms with Crippen LogP contribution < -0.4 is 10.2 Å². The summed E-state index contributed by atoms with van der Waals surface area (Å²) in [5, 5.41) is 2.12. The molecule has 0 fully saturated rings. The smallest absolute Gasteiger partial charge is 0.158 e. The molecule has 21 heavy (non-hydrogen) atoms. The van der Waals surface area contributed by atoms with Crippen LogP contribution in [0.4, 0.5) is 0 Å². The van der Waals surface area contributed by atoms with Crippen molar-refractivity contribution >= 4 is 40.1 Å². The molecule has 0 bridgehead atoms. The van der Waals surface area contributed by atoms with Gasteiger partial charge in [0.15, 0.2) is 0 Å². The Bertz CT molecular complexity index is 631. The minimum Gasteiger partial charge on any atom is -0.158 e. The van der Waals surface area contributed by atoms with Gasteiger partial charge in [0.05, 0.1) is 0 Å². The van der Waals surface area contributed by atoms with Gasteiger partial charge < -0.3 is 0 Å². The van der Waals surface area contributed by atoms with Crippen LogP contribution in [0.2, 0.25) is 0 Å². The first-order chi connectivity index (χ1) is 10.2. The molecule has 0 aliphatic heterocycles. The van der Waals surface area contributed by atoms with Crippen molar-refractivity contribution in [3.05, 3.63) is 58.2 Å². The van der Waals surface area contributed by atoms with Crippen LogP contribution in [0.3, 0.4) is 0 Å². The second-order valence-corrected chi connectivity index (χ2v) is 7.05. The van der Waals surface area contributed by atoms with Crippen molar-refractivity contribution in [2.75, 3.05) is 6.26 Å². The van der Waals surface area contributed by atoms with Gasteiger partial charge in [0.2, 0.25) is 0 Å². The molecule has 0 radical (unpaired) electrons. The molecule has 2 rings (SSSR count). The van der Waals surface area contributed by atoms with Gasteiger partial charge in [-0.05, 0) is 38.8 Å². The van der Waals surface area contributed by atoms with Crippen molar-refractivity contribution in [3.8, 4) is 12.3 Å². The Hall–Kier alpha value is -1.37. The van der Waals surface area contributed by atoms with Gasteiger partial charge in [0.1, 0.15) is 0 Å². The van der Waals surface area contributed by atoms with E-state index in [0.717, 1.165) is 0 Å². The predicted molar refractivity (Wildman–Crippen MR) is 100 cm³/mol. The first-order valence-electron chi connectivity index (χ1n) is 7.00. The number of rotatable bonds is 5. The number of thioether (sulfide) groups is 1. The highest BCUT2D eigenvalue weighted by molar-refractivity contribution is 8.04. The van der Waals surface area contributed by atoms with Crippen LogP contribution in [0.25, 0.3) is 0 Å². The normalized spacial score (nSPS) is 11.5. The number of allylic oxidation sites excluding steroid dienone is 1. The third kappa shape index (κ3) is 3.84. The zero-order chi connectivity index (χ0) is 15.2. The van der Waals surface area contributed by atoms with Crippen LogP contribution in [0, 0.1) is 12.3 Å². The fourth-order valence-corrected chi connectivity index (χ4v) is 3.97. The van der Waals surface area contributed by atoms with Crippen molar-refractivity contribution in [3.63, 3.8) is 0 Å². The van der Waals surface area contributed by atoms with E-state index in [2.05, 4.69) is 67.8 Å². The van der Waals surface area contributed by atoms with Gasteiger partial charge in [-0.15, -0.1) is 18.2 Å². The van der Waals surface area contributed by atoms with Crippen molar-refractivity contribution in [1.82, 2.24) is 0 Å². The summed E-state index contributed by atoms with van der Waals surface area (Å²) in [6, 6.07) is 13.2. The van der Waals surface area contributed by atoms with Crippen molar-refractivity contribution in [2.24, 2.45) is 0 Å². The summed E-state index contributed by atoms with van der Waals surface area (Å²) in [6.45, 7) is 4.69. The molecule has 1 heterocycles. The standard InChI is InChI=1S/C18H19BS2/c1-5-7-17(20-4)19(18-8-6-13-21-18)16-11-9-15(10-12-16)14(2)3/h1,6-14H,2-4H3/b17-7-. The summed E-state index contributed by atoms with van der Waals surface area (Å²) in [5.74, 6) is 3.24. The zero-order valence-electron chi connectivity index (χ0n) is 12.7. The van der Waals surface area contributed by atoms with E-state index in [0.29, 0.717) is 5.92 Å². The van der Waals surface area contributed by atoms with Crippen LogP contribution in [0.15, 0.2) is 52.7 Å². The van der Waals surface area contributed by atoms with E-state index in [1.165, 1.54) is 20.6 Å². The molecule has 2 aromatic rings. The monoisotopic (exact) mass is 310 g/mol. The van der Waals surface area contributed by atoms with E-state index in [1.807, 2.05) is 6.08 Å². The van der Waals surface area contributed by atoms with Crippen molar-refractivity contribution in [2.45, 2.75) is 19.8 Å². The van der Waals surface area contributed by atoms with E-state index in [4.69, 9.17) is 6.42 Å². The fraction of sp³-hybridized carbons (Fsp3) is 0.222. The molecule has 0 spiro atoms. The van der Waals surface area contributed by atoms with Gasteiger partial charge >= 0.3 is 0 Å². The van der Waals surface area contributed by atoms with Crippen molar-refractivity contribution < 1.29 is 0 Å². The molecule has 0 unspecified atom stereocenters. The summed E-state index contributed by atoms with van der Waals surface area (Å²) in [6.07, 6.45) is 9.49. The quantitative estimate of drug-likeness (QED) is 0.596. The lowest BCUT2D eigenvalue weighted by molar-refractivity contribution is 0.867. The van der Waals surface area contributed by atoms with Crippen LogP contribution in [0.5, 0.6) is 0 Å². The lowest BCUT2D eigenvalue weighted by Gasteiger charge is -2.15. The Morgan fingerprint density at radius 2 is 2.00 bits per heavy atom. The zero-order valence-corrected chi connectivity index (χ0v) is 14.3. The minimum atomic E-state index is 0.247. The van der Waals surface area contributed by atoms with E-state index in [1.54, 1.807) is 23.1 Å². The lowest BCUT2D eigenvalue weighted by atomic mass is 9.43. The SMILES string of the molecule is C#C/C=C(\SC)B(c1ccc(C(C)C)cc1)c1cccs1. The van der Waals surface area contributed by atoms with Crippen LogP contribution >= 0.6 is 23.1 Å². The third-order valence-corrected chi connectivity index (χ3v) is 5.27. The van der Waals surface area contributed by atoms with Gasteiger partial charge in [0.25, 0.3) is 6.71 Å². The molecule has 0 atom stereocenters. The van der Waals surface area contributed by atoms with E-state index >= 15 is 0 Å². The highest BCUT2D eigenvalue weighted by atomic mass is 32.2. The number of benzene rings is 1. The van der Waals surface area contributed by atoms with Crippen LogP contribution in [-0.4, -0.2) is 13.0 Å². The van der Waals surface area contributed by atoms with Gasteiger partial charge in [-0.3, -0.25) is 0 Å². The molecular weight excluding hydrogens is 291 g/mol. The molecule has 0 nitrogen and oxygen atoms in total. The number of thiophene rings is 1. The number of terminal acetylenes is 1. The third-order valence-electron chi connectivity index (χ3n) is 3.51. The van der Waals surface area contributed by atoms with Crippen LogP contribution in [0.1, 0.15) is 25.3 Å². The molecule has 0 aliphatic rings. The maximum absolute atomic E-state index is 5.50. The molecule has 0 aliphatic carbocycles. The second-order valence-electron chi connectivity index (χ2n) is 5.19. The fourth-order valence-electron chi connectivity index (χ4n) is 2.34. The lowest BCUT2D eigenvalue weighted by Crippen LogP contribution is -2.41. The second kappa shape index (κ2) is 7.59. The Balaban J connectivity index is 2.45. The van der Waals surface area contributed by atoms with E-state index < -0.39 is 0 Å². The average molecular weight is 310 g/mol. The molecule has 0 amide bonds. The molecule has 3 heteroatoms. The Labute approximate surface area is 136 Å². The molecule has 0 saturated heterocycles. The summed E-state index contributed by atoms with van der Waals surface area (Å²) in [5.41, 5.74) is 2.67. The summed E-state index contributed by atoms with van der Waals surface area (Å²) in [4.78, 5) is 1.22. The maximum atomic E-state index is 5.50. The van der Waals surface area contributed by atoms with Gasteiger partial charge in [-0.2, -0.15) is 11.3 Å². The number of hydrogen-bond donors (Lipinski definition) is 0. The average Bonchev–Trinajstić information content (AvgIpc) is 3.01. The Morgan fingerprint density at radius 3 is 2.48 bits per heavy atom. The molecule has 0 saturated carbocycles. The summed E-state index contributed by atoms with van der Waals surface area (Å²) in [7, 11) is 0. The predicted octanol–water partition coefficient (Wildman–Crippen LogP) is 3.90. The maximum Gasteiger partial charge on any atom is 0.262 e. The molecule has 106 valence electrons. The highest BCUT2D eigenvalue weighted by Gasteiger charge is 2.24. The summed E-state index contributed by atoms with van der Waals surface area (Å²) >= 11 is 3.51. The molecule has 1 aromatic carbocycles. The molecule has 1 aromatic heterocycles. The van der Waals surface area contributed by atoms with E-state index in [-0.39, 0.29) is 6.71 Å². The Morgan fingerprint density at radius 1 is 1.29 bits per heavy atom. The van der Waals surface area contributed by atoms with Gasteiger partial charge in [0, 0.05) is 0 Å². The van der Waals surface area contributed by atoms with E-state index in [9.17, 15) is 0 Å². The first-order valence-corrected chi connectivity index (χ1v) is 9.11. The molecular formula is C18H19BS2. The van der Waals surface area contributed by atoms with Crippen LogP contribution in [-0.2, 0) is 0 Å². The minimum absolute atomic E-state index is 0.247. The van der Waals surface area contributed by atoms with Crippen molar-refractivity contribution in [1.29, 1.82) is 0 Å². The largest absolute Gasteiger partial charge is 0.262 e. The first kappa shape index (κ1) is 16.0.